The maximum absolute atomic E-state index is 12.5. The first-order chi connectivity index (χ1) is 10.6. The molecule has 2 N–H and O–H groups in total. The lowest BCUT2D eigenvalue weighted by Gasteiger charge is -2.21. The van der Waals surface area contributed by atoms with E-state index in [2.05, 4.69) is 4.98 Å². The second kappa shape index (κ2) is 6.25. The second-order valence-electron chi connectivity index (χ2n) is 5.20. The number of nitrogens with two attached hydrogens (primary N) is 1. The zero-order chi connectivity index (χ0) is 15.5. The molecule has 0 spiro atoms. The Bertz CT molecular complexity index is 785. The molecule has 1 amide bonds. The van der Waals surface area contributed by atoms with Crippen molar-refractivity contribution in [2.45, 2.75) is 12.5 Å². The smallest absolute Gasteiger partial charge is 0.243 e. The Morgan fingerprint density at radius 1 is 1.27 bits per heavy atom. The largest absolute Gasteiger partial charge is 0.320 e. The van der Waals surface area contributed by atoms with E-state index in [0.717, 1.165) is 21.5 Å². The van der Waals surface area contributed by atoms with Gasteiger partial charge in [-0.2, -0.15) is 0 Å². The monoisotopic (exact) mass is 311 g/mol. The summed E-state index contributed by atoms with van der Waals surface area (Å²) >= 11 is 1.58. The van der Waals surface area contributed by atoms with Gasteiger partial charge in [0.2, 0.25) is 5.91 Å². The molecule has 0 saturated carbocycles. The summed E-state index contributed by atoms with van der Waals surface area (Å²) < 4.78 is 1.11. The first-order valence-electron chi connectivity index (χ1n) is 7.05. The number of anilines is 1. The van der Waals surface area contributed by atoms with Crippen molar-refractivity contribution >= 4 is 33.1 Å². The van der Waals surface area contributed by atoms with Crippen LogP contribution in [0.2, 0.25) is 0 Å². The molecule has 4 nitrogen and oxygen atoms in total. The second-order valence-corrected chi connectivity index (χ2v) is 6.08. The molecule has 22 heavy (non-hydrogen) atoms. The van der Waals surface area contributed by atoms with Crippen molar-refractivity contribution in [1.29, 1.82) is 0 Å². The molecule has 0 radical (unpaired) electrons. The highest BCUT2D eigenvalue weighted by Crippen LogP contribution is 2.23. The van der Waals surface area contributed by atoms with Crippen molar-refractivity contribution in [1.82, 2.24) is 4.98 Å². The van der Waals surface area contributed by atoms with Crippen LogP contribution in [0.3, 0.4) is 0 Å². The van der Waals surface area contributed by atoms with Gasteiger partial charge in [-0.25, -0.2) is 4.98 Å². The summed E-state index contributed by atoms with van der Waals surface area (Å²) in [6, 6.07) is 15.1. The van der Waals surface area contributed by atoms with Crippen LogP contribution in [-0.2, 0) is 11.2 Å². The van der Waals surface area contributed by atoms with Gasteiger partial charge in [-0.3, -0.25) is 4.79 Å². The summed E-state index contributed by atoms with van der Waals surface area (Å²) in [5.74, 6) is -0.0987. The number of benzene rings is 2. The number of likely N-dealkylation sites (N-methyl/N-ethyl adjacent to an activating group) is 1. The third kappa shape index (κ3) is 3.00. The maximum Gasteiger partial charge on any atom is 0.243 e. The standard InChI is InChI=1S/C17H17N3OS/c1-20(13-7-8-16-15(10-13)19-11-22-16)17(21)14(18)9-12-5-3-2-4-6-12/h2-8,10-11,14H,9,18H2,1H3. The molecule has 0 aliphatic carbocycles. The van der Waals surface area contributed by atoms with Crippen LogP contribution >= 0.6 is 11.3 Å². The van der Waals surface area contributed by atoms with Crippen LogP contribution in [0.1, 0.15) is 5.56 Å². The molecule has 0 aliphatic rings. The summed E-state index contributed by atoms with van der Waals surface area (Å²) in [4.78, 5) is 18.4. The fourth-order valence-electron chi connectivity index (χ4n) is 2.39. The molecule has 1 aromatic heterocycles. The molecule has 0 fully saturated rings. The molecule has 1 atom stereocenters. The van der Waals surface area contributed by atoms with Gasteiger partial charge in [0, 0.05) is 12.7 Å². The molecular weight excluding hydrogens is 294 g/mol. The fraction of sp³-hybridized carbons (Fsp3) is 0.176. The number of hydrogen-bond acceptors (Lipinski definition) is 4. The van der Waals surface area contributed by atoms with Gasteiger partial charge in [0.1, 0.15) is 0 Å². The quantitative estimate of drug-likeness (QED) is 0.806. The summed E-state index contributed by atoms with van der Waals surface area (Å²) in [6.07, 6.45) is 0.531. The van der Waals surface area contributed by atoms with E-state index in [1.807, 2.05) is 48.5 Å². The number of fused-ring (bicyclic) bond motifs is 1. The van der Waals surface area contributed by atoms with E-state index in [4.69, 9.17) is 5.73 Å². The highest BCUT2D eigenvalue weighted by atomic mass is 32.1. The van der Waals surface area contributed by atoms with Crippen molar-refractivity contribution in [2.24, 2.45) is 5.73 Å². The Morgan fingerprint density at radius 2 is 2.05 bits per heavy atom. The van der Waals surface area contributed by atoms with Gasteiger partial charge in [0.25, 0.3) is 0 Å². The number of rotatable bonds is 4. The first-order valence-corrected chi connectivity index (χ1v) is 7.93. The van der Waals surface area contributed by atoms with Gasteiger partial charge < -0.3 is 10.6 Å². The number of aromatic nitrogens is 1. The number of thiazole rings is 1. The Balaban J connectivity index is 1.75. The summed E-state index contributed by atoms with van der Waals surface area (Å²) in [5, 5.41) is 0. The van der Waals surface area contributed by atoms with E-state index in [9.17, 15) is 4.79 Å². The molecule has 1 unspecified atom stereocenters. The molecule has 112 valence electrons. The van der Waals surface area contributed by atoms with E-state index >= 15 is 0 Å². The average Bonchev–Trinajstić information content (AvgIpc) is 3.02. The molecule has 5 heteroatoms. The lowest BCUT2D eigenvalue weighted by atomic mass is 10.1. The normalized spacial score (nSPS) is 12.3. The molecule has 2 aromatic carbocycles. The van der Waals surface area contributed by atoms with Crippen molar-refractivity contribution in [3.63, 3.8) is 0 Å². The predicted octanol–water partition coefficient (Wildman–Crippen LogP) is 2.83. The molecule has 0 bridgehead atoms. The SMILES string of the molecule is CN(C(=O)C(N)Cc1ccccc1)c1ccc2scnc2c1. The van der Waals surface area contributed by atoms with E-state index < -0.39 is 6.04 Å². The Morgan fingerprint density at radius 3 is 2.82 bits per heavy atom. The van der Waals surface area contributed by atoms with Gasteiger partial charge in [0.15, 0.2) is 0 Å². The Kier molecular flexibility index (Phi) is 4.18. The highest BCUT2D eigenvalue weighted by Gasteiger charge is 2.20. The van der Waals surface area contributed by atoms with Crippen LogP contribution in [0.15, 0.2) is 54.0 Å². The first kappa shape index (κ1) is 14.7. The molecule has 0 aliphatic heterocycles. The van der Waals surface area contributed by atoms with Crippen LogP contribution in [0.5, 0.6) is 0 Å². The minimum atomic E-state index is -0.557. The topological polar surface area (TPSA) is 59.2 Å². The number of hydrogen-bond donors (Lipinski definition) is 1. The number of nitrogens with zero attached hydrogens (tertiary/aromatic N) is 2. The fourth-order valence-corrected chi connectivity index (χ4v) is 3.04. The van der Waals surface area contributed by atoms with Crippen LogP contribution in [0.4, 0.5) is 5.69 Å². The van der Waals surface area contributed by atoms with Crippen LogP contribution in [0, 0.1) is 0 Å². The zero-order valence-corrected chi connectivity index (χ0v) is 13.1. The lowest BCUT2D eigenvalue weighted by molar-refractivity contribution is -0.119. The summed E-state index contributed by atoms with van der Waals surface area (Å²) in [5.41, 5.74) is 10.7. The maximum atomic E-state index is 12.5. The molecular formula is C17H17N3OS. The van der Waals surface area contributed by atoms with E-state index in [-0.39, 0.29) is 5.91 Å². The third-order valence-corrected chi connectivity index (χ3v) is 4.46. The highest BCUT2D eigenvalue weighted by molar-refractivity contribution is 7.16. The van der Waals surface area contributed by atoms with Gasteiger partial charge in [-0.15, -0.1) is 11.3 Å². The minimum Gasteiger partial charge on any atom is -0.320 e. The van der Waals surface area contributed by atoms with Crippen LogP contribution in [0.25, 0.3) is 10.2 Å². The molecule has 1 heterocycles. The van der Waals surface area contributed by atoms with Gasteiger partial charge in [0.05, 0.1) is 21.8 Å². The van der Waals surface area contributed by atoms with Gasteiger partial charge >= 0.3 is 0 Å². The van der Waals surface area contributed by atoms with Crippen molar-refractivity contribution in [3.05, 3.63) is 59.6 Å². The number of carbonyl (C=O) groups excluding carboxylic acids is 1. The minimum absolute atomic E-state index is 0.0987. The van der Waals surface area contributed by atoms with Crippen molar-refractivity contribution < 1.29 is 4.79 Å². The van der Waals surface area contributed by atoms with E-state index in [1.165, 1.54) is 0 Å². The lowest BCUT2D eigenvalue weighted by Crippen LogP contribution is -2.43. The summed E-state index contributed by atoms with van der Waals surface area (Å²) in [7, 11) is 1.75. The number of carbonyl (C=O) groups is 1. The third-order valence-electron chi connectivity index (χ3n) is 3.65. The molecule has 0 saturated heterocycles. The van der Waals surface area contributed by atoms with E-state index in [0.29, 0.717) is 6.42 Å². The van der Waals surface area contributed by atoms with Crippen LogP contribution < -0.4 is 10.6 Å². The zero-order valence-electron chi connectivity index (χ0n) is 12.3. The van der Waals surface area contributed by atoms with Crippen molar-refractivity contribution in [2.75, 3.05) is 11.9 Å². The Hall–Kier alpha value is -2.24. The number of amides is 1. The van der Waals surface area contributed by atoms with Gasteiger partial charge in [-0.1, -0.05) is 30.3 Å². The van der Waals surface area contributed by atoms with Crippen molar-refractivity contribution in [3.8, 4) is 0 Å². The van der Waals surface area contributed by atoms with E-state index in [1.54, 1.807) is 28.8 Å². The Labute approximate surface area is 133 Å². The molecule has 3 aromatic rings. The average molecular weight is 311 g/mol. The molecule has 3 rings (SSSR count). The predicted molar refractivity (Wildman–Crippen MR) is 91.2 cm³/mol. The van der Waals surface area contributed by atoms with Crippen LogP contribution in [-0.4, -0.2) is 24.0 Å². The van der Waals surface area contributed by atoms with Gasteiger partial charge in [-0.05, 0) is 30.2 Å². The summed E-state index contributed by atoms with van der Waals surface area (Å²) in [6.45, 7) is 0.